The van der Waals surface area contributed by atoms with Crippen LogP contribution >= 0.6 is 11.3 Å². The first-order valence-corrected chi connectivity index (χ1v) is 10.5. The summed E-state index contributed by atoms with van der Waals surface area (Å²) in [5.41, 5.74) is 0.810. The van der Waals surface area contributed by atoms with Crippen LogP contribution in [0.3, 0.4) is 0 Å². The number of anilines is 1. The second kappa shape index (κ2) is 6.56. The van der Waals surface area contributed by atoms with E-state index in [-0.39, 0.29) is 11.9 Å². The molecule has 0 aromatic carbocycles. The molecule has 2 fully saturated rings. The monoisotopic (exact) mass is 388 g/mol. The van der Waals surface area contributed by atoms with Gasteiger partial charge in [0.15, 0.2) is 11.0 Å². The van der Waals surface area contributed by atoms with Gasteiger partial charge in [-0.3, -0.25) is 4.79 Å². The fourth-order valence-corrected chi connectivity index (χ4v) is 5.04. The maximum absolute atomic E-state index is 13.2. The number of hydrogen-bond donors (Lipinski definition) is 0. The Labute approximate surface area is 162 Å². The van der Waals surface area contributed by atoms with Crippen molar-refractivity contribution < 1.29 is 9.53 Å². The molecule has 0 bridgehead atoms. The first-order valence-electron chi connectivity index (χ1n) is 9.65. The molecule has 1 aliphatic carbocycles. The Kier molecular flexibility index (Phi) is 4.16. The van der Waals surface area contributed by atoms with E-state index in [2.05, 4.69) is 31.6 Å². The van der Waals surface area contributed by atoms with Gasteiger partial charge in [-0.25, -0.2) is 4.98 Å². The topological polar surface area (TPSA) is 76.4 Å². The van der Waals surface area contributed by atoms with Gasteiger partial charge in [-0.15, -0.1) is 10.2 Å². The summed E-state index contributed by atoms with van der Waals surface area (Å²) in [6.07, 6.45) is 2.41. The van der Waals surface area contributed by atoms with E-state index < -0.39 is 0 Å². The van der Waals surface area contributed by atoms with Gasteiger partial charge in [-0.2, -0.15) is 0 Å². The number of aryl methyl sites for hydroxylation is 1. The average Bonchev–Trinajstić information content (AvgIpc) is 3.31. The molecule has 4 heterocycles. The summed E-state index contributed by atoms with van der Waals surface area (Å²) in [4.78, 5) is 22.7. The average molecular weight is 388 g/mol. The lowest BCUT2D eigenvalue weighted by Crippen LogP contribution is -2.40. The van der Waals surface area contributed by atoms with Crippen molar-refractivity contribution in [2.45, 2.75) is 45.2 Å². The van der Waals surface area contributed by atoms with Crippen molar-refractivity contribution >= 4 is 22.4 Å². The second-order valence-electron chi connectivity index (χ2n) is 7.66. The van der Waals surface area contributed by atoms with Crippen LogP contribution in [0.4, 0.5) is 5.13 Å². The molecule has 9 heteroatoms. The van der Waals surface area contributed by atoms with Crippen LogP contribution in [0.15, 0.2) is 0 Å². The molecule has 5 rings (SSSR count). The highest BCUT2D eigenvalue weighted by atomic mass is 32.1. The Morgan fingerprint density at radius 3 is 2.74 bits per heavy atom. The van der Waals surface area contributed by atoms with Gasteiger partial charge in [0.25, 0.3) is 5.91 Å². The number of carbonyl (C=O) groups excluding carboxylic acids is 1. The summed E-state index contributed by atoms with van der Waals surface area (Å²) < 4.78 is 7.66. The minimum atomic E-state index is 0.0542. The van der Waals surface area contributed by atoms with E-state index in [9.17, 15) is 4.79 Å². The minimum Gasteiger partial charge on any atom is -0.378 e. The molecule has 2 aliphatic heterocycles. The molecule has 1 saturated carbocycles. The van der Waals surface area contributed by atoms with Crippen molar-refractivity contribution in [2.24, 2.45) is 0 Å². The first-order chi connectivity index (χ1) is 13.1. The molecule has 3 aliphatic rings. The van der Waals surface area contributed by atoms with Crippen molar-refractivity contribution in [3.63, 3.8) is 0 Å². The standard InChI is InChI=1S/C18H24N6O2S/c1-11-9-23(10-14-20-21-16(24(11)14)13-3-4-13)17(25)15-12(2)19-18(27-15)22-5-7-26-8-6-22/h11,13H,3-10H2,1-2H3/t11-/m0/s1. The summed E-state index contributed by atoms with van der Waals surface area (Å²) in [5.74, 6) is 2.63. The molecule has 1 atom stereocenters. The minimum absolute atomic E-state index is 0.0542. The van der Waals surface area contributed by atoms with Crippen molar-refractivity contribution in [3.8, 4) is 0 Å². The summed E-state index contributed by atoms with van der Waals surface area (Å²) in [6.45, 7) is 8.37. The van der Waals surface area contributed by atoms with Gasteiger partial charge < -0.3 is 19.1 Å². The summed E-state index contributed by atoms with van der Waals surface area (Å²) in [5, 5.41) is 9.71. The second-order valence-corrected chi connectivity index (χ2v) is 8.64. The summed E-state index contributed by atoms with van der Waals surface area (Å²) in [7, 11) is 0. The lowest BCUT2D eigenvalue weighted by Gasteiger charge is -2.32. The van der Waals surface area contributed by atoms with E-state index in [4.69, 9.17) is 4.74 Å². The van der Waals surface area contributed by atoms with Crippen LogP contribution in [-0.2, 0) is 11.3 Å². The van der Waals surface area contributed by atoms with Crippen LogP contribution in [-0.4, -0.2) is 63.4 Å². The molecule has 144 valence electrons. The zero-order valence-electron chi connectivity index (χ0n) is 15.7. The normalized spacial score (nSPS) is 22.8. The van der Waals surface area contributed by atoms with Crippen LogP contribution in [0.2, 0.25) is 0 Å². The van der Waals surface area contributed by atoms with Crippen molar-refractivity contribution in [1.29, 1.82) is 0 Å². The number of morpholine rings is 1. The van der Waals surface area contributed by atoms with E-state index in [0.29, 0.717) is 32.2 Å². The molecular formula is C18H24N6O2S. The molecular weight excluding hydrogens is 364 g/mol. The molecule has 0 N–H and O–H groups in total. The zero-order valence-corrected chi connectivity index (χ0v) is 16.5. The highest BCUT2D eigenvalue weighted by Crippen LogP contribution is 2.41. The number of amides is 1. The summed E-state index contributed by atoms with van der Waals surface area (Å²) >= 11 is 1.50. The highest BCUT2D eigenvalue weighted by Gasteiger charge is 2.36. The smallest absolute Gasteiger partial charge is 0.266 e. The maximum atomic E-state index is 13.2. The molecule has 1 amide bonds. The fraction of sp³-hybridized carbons (Fsp3) is 0.667. The van der Waals surface area contributed by atoms with Gasteiger partial charge in [0.2, 0.25) is 0 Å². The molecule has 0 radical (unpaired) electrons. The Morgan fingerprint density at radius 2 is 2.00 bits per heavy atom. The summed E-state index contributed by atoms with van der Waals surface area (Å²) in [6, 6.07) is 0.204. The van der Waals surface area contributed by atoms with Crippen LogP contribution in [0.1, 0.15) is 58.7 Å². The van der Waals surface area contributed by atoms with Crippen LogP contribution < -0.4 is 4.90 Å². The van der Waals surface area contributed by atoms with Crippen molar-refractivity contribution in [3.05, 3.63) is 22.2 Å². The predicted molar refractivity (Wildman–Crippen MR) is 101 cm³/mol. The predicted octanol–water partition coefficient (Wildman–Crippen LogP) is 1.97. The number of rotatable bonds is 3. The number of carbonyl (C=O) groups is 1. The molecule has 8 nitrogen and oxygen atoms in total. The van der Waals surface area contributed by atoms with Crippen LogP contribution in [0, 0.1) is 6.92 Å². The number of thiazole rings is 1. The van der Waals surface area contributed by atoms with Gasteiger partial charge in [0.05, 0.1) is 31.5 Å². The number of ether oxygens (including phenoxy) is 1. The van der Waals surface area contributed by atoms with Crippen LogP contribution in [0.5, 0.6) is 0 Å². The van der Waals surface area contributed by atoms with Gasteiger partial charge in [0.1, 0.15) is 10.7 Å². The van der Waals surface area contributed by atoms with Gasteiger partial charge in [-0.1, -0.05) is 11.3 Å². The van der Waals surface area contributed by atoms with Gasteiger partial charge in [0, 0.05) is 25.6 Å². The third-order valence-electron chi connectivity index (χ3n) is 5.54. The molecule has 0 unspecified atom stereocenters. The molecule has 0 spiro atoms. The van der Waals surface area contributed by atoms with Crippen molar-refractivity contribution in [2.75, 3.05) is 37.7 Å². The number of fused-ring (bicyclic) bond motifs is 1. The third kappa shape index (κ3) is 3.02. The van der Waals surface area contributed by atoms with Crippen LogP contribution in [0.25, 0.3) is 0 Å². The number of hydrogen-bond acceptors (Lipinski definition) is 7. The lowest BCUT2D eigenvalue weighted by atomic mass is 10.2. The van der Waals surface area contributed by atoms with E-state index in [1.807, 2.05) is 11.8 Å². The van der Waals surface area contributed by atoms with E-state index in [1.165, 1.54) is 24.2 Å². The zero-order chi connectivity index (χ0) is 18.5. The lowest BCUT2D eigenvalue weighted by molar-refractivity contribution is 0.0683. The molecule has 1 saturated heterocycles. The quantitative estimate of drug-likeness (QED) is 0.800. The Balaban J connectivity index is 1.37. The highest BCUT2D eigenvalue weighted by molar-refractivity contribution is 7.17. The SMILES string of the molecule is Cc1nc(N2CCOCC2)sc1C(=O)N1Cc2nnc(C3CC3)n2[C@@H](C)C1. The van der Waals surface area contributed by atoms with Gasteiger partial charge >= 0.3 is 0 Å². The van der Waals surface area contributed by atoms with Gasteiger partial charge in [-0.05, 0) is 26.7 Å². The Bertz CT molecular complexity index is 867. The third-order valence-corrected chi connectivity index (χ3v) is 6.75. The number of nitrogens with zero attached hydrogens (tertiary/aromatic N) is 6. The molecule has 2 aromatic heterocycles. The first kappa shape index (κ1) is 17.1. The number of aromatic nitrogens is 4. The van der Waals surface area contributed by atoms with Crippen molar-refractivity contribution in [1.82, 2.24) is 24.6 Å². The Hall–Kier alpha value is -2.00. The van der Waals surface area contributed by atoms with E-state index in [0.717, 1.165) is 40.4 Å². The van der Waals surface area contributed by atoms with E-state index >= 15 is 0 Å². The Morgan fingerprint density at radius 1 is 1.22 bits per heavy atom. The van der Waals surface area contributed by atoms with E-state index in [1.54, 1.807) is 0 Å². The largest absolute Gasteiger partial charge is 0.378 e. The molecule has 27 heavy (non-hydrogen) atoms. The molecule has 2 aromatic rings. The maximum Gasteiger partial charge on any atom is 0.266 e. The fourth-order valence-electron chi connectivity index (χ4n) is 3.95.